The topological polar surface area (TPSA) is 39.0 Å². The van der Waals surface area contributed by atoms with E-state index in [1.54, 1.807) is 6.20 Å². The third kappa shape index (κ3) is 0.606. The molecule has 0 saturated heterocycles. The highest BCUT2D eigenvalue weighted by Gasteiger charge is 2.12. The Labute approximate surface area is 41.2 Å². The highest BCUT2D eigenvalue weighted by Crippen LogP contribution is 1.99. The molecular formula is C5H3NO. The number of Topliss-reactive ketones (excluding diaryl/α,β-unsaturated/α-hetero) is 1. The van der Waals surface area contributed by atoms with E-state index < -0.39 is 0 Å². The molecule has 0 spiro atoms. The third-order valence-electron chi connectivity index (χ3n) is 0.664. The fourth-order valence-electron chi connectivity index (χ4n) is 0.245. The van der Waals surface area contributed by atoms with Gasteiger partial charge in [-0.25, -0.2) is 0 Å². The van der Waals surface area contributed by atoms with Crippen molar-refractivity contribution in [3.8, 4) is 12.3 Å². The van der Waals surface area contributed by atoms with Crippen LogP contribution in [-0.4, -0.2) is 5.78 Å². The number of terminal acetylenes is 1. The summed E-state index contributed by atoms with van der Waals surface area (Å²) in [4.78, 5) is 10.2. The molecule has 0 amide bonds. The van der Waals surface area contributed by atoms with Crippen LogP contribution < -0.4 is 5.32 Å². The van der Waals surface area contributed by atoms with E-state index in [1.165, 1.54) is 0 Å². The van der Waals surface area contributed by atoms with E-state index in [1.807, 2.05) is 5.92 Å². The Morgan fingerprint density at radius 2 is 2.57 bits per heavy atom. The molecule has 0 fully saturated rings. The summed E-state index contributed by atoms with van der Waals surface area (Å²) in [5.41, 5.74) is 0.544. The summed E-state index contributed by atoms with van der Waals surface area (Å²) in [5, 5.41) is 2.58. The Kier molecular flexibility index (Phi) is 0.633. The zero-order valence-corrected chi connectivity index (χ0v) is 3.56. The Bertz CT molecular complexity index is 173. The lowest BCUT2D eigenvalue weighted by atomic mass is 10.4. The third-order valence-corrected chi connectivity index (χ3v) is 0.664. The highest BCUT2D eigenvalue weighted by molar-refractivity contribution is 6.10. The molecule has 0 aromatic heterocycles. The van der Waals surface area contributed by atoms with Crippen LogP contribution in [0.3, 0.4) is 0 Å². The lowest BCUT2D eigenvalue weighted by Gasteiger charge is -1.71. The number of ketones is 1. The van der Waals surface area contributed by atoms with Crippen LogP contribution in [0, 0.1) is 12.3 Å². The molecule has 1 N–H and O–H groups in total. The van der Waals surface area contributed by atoms with Gasteiger partial charge in [0.1, 0.15) is 5.70 Å². The number of hydrogen-bond acceptors (Lipinski definition) is 2. The Balaban J connectivity index is 2.60. The van der Waals surface area contributed by atoms with Crippen molar-refractivity contribution < 1.29 is 4.79 Å². The lowest BCUT2D eigenvalue weighted by molar-refractivity contribution is -0.110. The quantitative estimate of drug-likeness (QED) is 0.355. The minimum Gasteiger partial charge on any atom is -0.355 e. The second-order valence-corrected chi connectivity index (χ2v) is 1.18. The van der Waals surface area contributed by atoms with Crippen LogP contribution >= 0.6 is 0 Å². The first kappa shape index (κ1) is 3.94. The second-order valence-electron chi connectivity index (χ2n) is 1.18. The molecule has 2 heteroatoms. The Hall–Kier alpha value is -1.23. The maximum Gasteiger partial charge on any atom is 0.253 e. The molecule has 1 aliphatic heterocycles. The van der Waals surface area contributed by atoms with Crippen LogP contribution in [0.2, 0.25) is 0 Å². The van der Waals surface area contributed by atoms with Gasteiger partial charge in [0.15, 0.2) is 0 Å². The normalized spacial score (nSPS) is 13.3. The van der Waals surface area contributed by atoms with Crippen LogP contribution in [0.4, 0.5) is 0 Å². The average Bonchev–Trinajstić information content (AvgIpc) is 2.44. The first-order valence-electron chi connectivity index (χ1n) is 1.82. The van der Waals surface area contributed by atoms with Gasteiger partial charge < -0.3 is 5.32 Å². The van der Waals surface area contributed by atoms with E-state index in [2.05, 4.69) is 5.32 Å². The summed E-state index contributed by atoms with van der Waals surface area (Å²) >= 11 is 0. The summed E-state index contributed by atoms with van der Waals surface area (Å²) in [5.74, 6) is 1.69. The van der Waals surface area contributed by atoms with E-state index in [4.69, 9.17) is 6.42 Å². The van der Waals surface area contributed by atoms with Crippen molar-refractivity contribution in [3.63, 3.8) is 0 Å². The van der Waals surface area contributed by atoms with Crippen molar-refractivity contribution in [2.45, 2.75) is 0 Å². The van der Waals surface area contributed by atoms with Gasteiger partial charge in [0, 0.05) is 6.20 Å². The molecule has 7 heavy (non-hydrogen) atoms. The summed E-state index contributed by atoms with van der Waals surface area (Å²) in [7, 11) is 0. The highest BCUT2D eigenvalue weighted by atomic mass is 16.1. The van der Waals surface area contributed by atoms with E-state index >= 15 is 0 Å². The predicted molar refractivity (Wildman–Crippen MR) is 25.1 cm³/mol. The van der Waals surface area contributed by atoms with Crippen LogP contribution in [-0.2, 0) is 4.79 Å². The monoisotopic (exact) mass is 93.0 g/mol. The predicted octanol–water partition coefficient (Wildman–Crippen LogP) is -0.367. The standard InChI is InChI=1S/C5H3NO/c1-2-5(7)4-3-6-4/h1,3,6H. The first-order valence-corrected chi connectivity index (χ1v) is 1.82. The molecule has 0 radical (unpaired) electrons. The molecule has 0 atom stereocenters. The first-order chi connectivity index (χ1) is 3.34. The van der Waals surface area contributed by atoms with Crippen molar-refractivity contribution in [3.05, 3.63) is 11.9 Å². The van der Waals surface area contributed by atoms with Gasteiger partial charge in [0.2, 0.25) is 0 Å². The molecular weight excluding hydrogens is 90.1 g/mol. The van der Waals surface area contributed by atoms with Gasteiger partial charge in [-0.15, -0.1) is 6.42 Å². The van der Waals surface area contributed by atoms with E-state index in [0.29, 0.717) is 5.70 Å². The molecule has 34 valence electrons. The fraction of sp³-hybridized carbons (Fsp3) is 0. The Morgan fingerprint density at radius 3 is 2.71 bits per heavy atom. The molecule has 0 bridgehead atoms. The van der Waals surface area contributed by atoms with E-state index in [0.717, 1.165) is 0 Å². The fourth-order valence-corrected chi connectivity index (χ4v) is 0.245. The minimum atomic E-state index is -0.264. The molecule has 1 aliphatic rings. The van der Waals surface area contributed by atoms with Gasteiger partial charge in [-0.3, -0.25) is 4.79 Å². The summed E-state index contributed by atoms with van der Waals surface area (Å²) in [6.07, 6.45) is 6.30. The molecule has 0 aliphatic carbocycles. The number of hydrogen-bond donors (Lipinski definition) is 1. The van der Waals surface area contributed by atoms with Gasteiger partial charge in [0.25, 0.3) is 5.78 Å². The number of nitrogens with one attached hydrogen (secondary N) is 1. The van der Waals surface area contributed by atoms with Crippen LogP contribution in [0.5, 0.6) is 0 Å². The Morgan fingerprint density at radius 1 is 2.00 bits per heavy atom. The number of carbonyl (C=O) groups is 1. The molecule has 1 rings (SSSR count). The molecule has 0 aromatic carbocycles. The maximum atomic E-state index is 10.2. The van der Waals surface area contributed by atoms with Crippen LogP contribution in [0.1, 0.15) is 0 Å². The van der Waals surface area contributed by atoms with Crippen LogP contribution in [0.25, 0.3) is 0 Å². The number of rotatable bonds is 1. The van der Waals surface area contributed by atoms with Crippen molar-refractivity contribution in [1.82, 2.24) is 5.32 Å². The molecule has 0 unspecified atom stereocenters. The molecule has 0 saturated carbocycles. The number of allylic oxidation sites excluding steroid dienone is 1. The smallest absolute Gasteiger partial charge is 0.253 e. The van der Waals surface area contributed by atoms with Crippen LogP contribution in [0.15, 0.2) is 11.9 Å². The van der Waals surface area contributed by atoms with Crippen molar-refractivity contribution in [2.24, 2.45) is 0 Å². The van der Waals surface area contributed by atoms with Crippen molar-refractivity contribution in [1.29, 1.82) is 0 Å². The molecule has 2 nitrogen and oxygen atoms in total. The van der Waals surface area contributed by atoms with Gasteiger partial charge in [-0.05, 0) is 5.92 Å². The van der Waals surface area contributed by atoms with Gasteiger partial charge in [-0.2, -0.15) is 0 Å². The SMILES string of the molecule is C#CC(=O)C1=CN1. The average molecular weight is 93.1 g/mol. The lowest BCUT2D eigenvalue weighted by Crippen LogP contribution is -1.93. The maximum absolute atomic E-state index is 10.2. The minimum absolute atomic E-state index is 0.264. The second kappa shape index (κ2) is 1.12. The number of carbonyl (C=O) groups excluding carboxylic acids is 1. The van der Waals surface area contributed by atoms with Gasteiger partial charge in [0.05, 0.1) is 0 Å². The zero-order valence-electron chi connectivity index (χ0n) is 3.56. The van der Waals surface area contributed by atoms with E-state index in [9.17, 15) is 4.79 Å². The summed E-state index contributed by atoms with van der Waals surface area (Å²) < 4.78 is 0. The summed E-state index contributed by atoms with van der Waals surface area (Å²) in [6.45, 7) is 0. The van der Waals surface area contributed by atoms with E-state index in [-0.39, 0.29) is 5.78 Å². The molecule has 1 heterocycles. The largest absolute Gasteiger partial charge is 0.355 e. The molecule has 0 aromatic rings. The van der Waals surface area contributed by atoms with Gasteiger partial charge >= 0.3 is 0 Å². The summed E-state index contributed by atoms with van der Waals surface area (Å²) in [6, 6.07) is 0. The van der Waals surface area contributed by atoms with Crippen molar-refractivity contribution in [2.75, 3.05) is 0 Å². The van der Waals surface area contributed by atoms with Gasteiger partial charge in [-0.1, -0.05) is 0 Å². The van der Waals surface area contributed by atoms with Crippen molar-refractivity contribution >= 4 is 5.78 Å². The zero-order chi connectivity index (χ0) is 5.28.